The van der Waals surface area contributed by atoms with Gasteiger partial charge in [-0.3, -0.25) is 0 Å². The molecule has 1 spiro atoms. The summed E-state index contributed by atoms with van der Waals surface area (Å²) in [5.41, 5.74) is 23.9. The molecular weight excluding hydrogens is 857 g/mol. The number of hydrogen-bond donors (Lipinski definition) is 0. The molecule has 5 aliphatic rings. The zero-order valence-electron chi connectivity index (χ0n) is 40.6. The Bertz CT molecular complexity index is 3540. The fourth-order valence-corrected chi connectivity index (χ4v) is 12.1. The predicted molar refractivity (Wildman–Crippen MR) is 298 cm³/mol. The van der Waals surface area contributed by atoms with E-state index in [0.29, 0.717) is 12.8 Å². The highest BCUT2D eigenvalue weighted by molar-refractivity contribution is 6.11. The van der Waals surface area contributed by atoms with Gasteiger partial charge in [-0.05, 0) is 154 Å². The molecule has 342 valence electrons. The second-order valence-corrected chi connectivity index (χ2v) is 19.2. The van der Waals surface area contributed by atoms with E-state index in [4.69, 9.17) is 0 Å². The molecule has 0 radical (unpaired) electrons. The largest absolute Gasteiger partial charge is 0.315 e. The van der Waals surface area contributed by atoms with Gasteiger partial charge in [-0.15, -0.1) is 0 Å². The highest BCUT2D eigenvalue weighted by Gasteiger charge is 2.55. The summed E-state index contributed by atoms with van der Waals surface area (Å²) < 4.78 is 0. The van der Waals surface area contributed by atoms with E-state index in [0.717, 1.165) is 54.9 Å². The summed E-state index contributed by atoms with van der Waals surface area (Å²) in [6.07, 6.45) is 17.8. The third-order valence-electron chi connectivity index (χ3n) is 15.1. The number of benzene rings is 7. The molecule has 2 unspecified atom stereocenters. The number of rotatable bonds is 10. The molecule has 2 heteroatoms. The van der Waals surface area contributed by atoms with Crippen LogP contribution in [0.5, 0.6) is 0 Å². The van der Waals surface area contributed by atoms with E-state index in [2.05, 4.69) is 260 Å². The summed E-state index contributed by atoms with van der Waals surface area (Å²) >= 11 is 0. The molecule has 12 rings (SSSR count). The van der Waals surface area contributed by atoms with Gasteiger partial charge in [0.05, 0.1) is 17.0 Å². The average molecular weight is 913 g/mol. The Kier molecular flexibility index (Phi) is 11.7. The van der Waals surface area contributed by atoms with Crippen molar-refractivity contribution in [3.05, 3.63) is 279 Å². The van der Waals surface area contributed by atoms with Crippen molar-refractivity contribution in [3.63, 3.8) is 0 Å². The average Bonchev–Trinajstić information content (AvgIpc) is 3.85. The zero-order chi connectivity index (χ0) is 47.7. The first kappa shape index (κ1) is 43.9. The molecule has 0 heterocycles. The molecule has 71 heavy (non-hydrogen) atoms. The maximum Gasteiger partial charge on any atom is 0.0726 e. The number of para-hydroxylation sites is 2. The van der Waals surface area contributed by atoms with Crippen molar-refractivity contribution in [1.29, 1.82) is 0 Å². The Balaban J connectivity index is 1.12. The first-order chi connectivity index (χ1) is 35.1. The Hall–Kier alpha value is -8.30. The molecule has 0 amide bonds. The lowest BCUT2D eigenvalue weighted by molar-refractivity contribution is 0.810. The molecule has 2 nitrogen and oxygen atoms in total. The van der Waals surface area contributed by atoms with Crippen molar-refractivity contribution in [2.75, 3.05) is 9.80 Å². The van der Waals surface area contributed by atoms with Gasteiger partial charge < -0.3 is 9.80 Å². The van der Waals surface area contributed by atoms with Gasteiger partial charge in [-0.25, -0.2) is 0 Å². The number of anilines is 3. The molecular formula is C69H56N2. The lowest BCUT2D eigenvalue weighted by Gasteiger charge is -2.38. The summed E-state index contributed by atoms with van der Waals surface area (Å²) in [4.78, 5) is 5.03. The van der Waals surface area contributed by atoms with Gasteiger partial charge in [-0.2, -0.15) is 0 Å². The van der Waals surface area contributed by atoms with Crippen molar-refractivity contribution < 1.29 is 0 Å². The van der Waals surface area contributed by atoms with E-state index >= 15 is 0 Å². The fraction of sp³-hybridized carbons (Fsp3) is 0.159. The van der Waals surface area contributed by atoms with Crippen molar-refractivity contribution in [2.45, 2.75) is 70.1 Å². The minimum absolute atomic E-state index is 0.0119. The lowest BCUT2D eigenvalue weighted by Crippen LogP contribution is -2.30. The highest BCUT2D eigenvalue weighted by atomic mass is 15.2. The van der Waals surface area contributed by atoms with Crippen LogP contribution >= 0.6 is 0 Å². The van der Waals surface area contributed by atoms with E-state index in [9.17, 15) is 0 Å². The number of aryl methyl sites for hydroxylation is 1. The Morgan fingerprint density at radius 1 is 0.577 bits per heavy atom. The summed E-state index contributed by atoms with van der Waals surface area (Å²) in [6.45, 7) is 4.65. The van der Waals surface area contributed by atoms with Gasteiger partial charge in [0.15, 0.2) is 0 Å². The van der Waals surface area contributed by atoms with Crippen LogP contribution in [0.3, 0.4) is 0 Å². The van der Waals surface area contributed by atoms with Crippen molar-refractivity contribution in [3.8, 4) is 23.7 Å². The Labute approximate surface area is 420 Å². The van der Waals surface area contributed by atoms with Crippen molar-refractivity contribution in [1.82, 2.24) is 0 Å². The van der Waals surface area contributed by atoms with Crippen molar-refractivity contribution in [2.24, 2.45) is 0 Å². The fourth-order valence-electron chi connectivity index (χ4n) is 12.1. The van der Waals surface area contributed by atoms with Gasteiger partial charge in [0.1, 0.15) is 0 Å². The normalized spacial score (nSPS) is 19.1. The predicted octanol–water partition coefficient (Wildman–Crippen LogP) is 16.7. The van der Waals surface area contributed by atoms with Gasteiger partial charge in [-0.1, -0.05) is 189 Å². The minimum Gasteiger partial charge on any atom is -0.315 e. The van der Waals surface area contributed by atoms with Crippen LogP contribution in [0.25, 0.3) is 22.4 Å². The van der Waals surface area contributed by atoms with Crippen LogP contribution in [0.15, 0.2) is 229 Å². The van der Waals surface area contributed by atoms with Crippen LogP contribution in [0, 0.1) is 30.6 Å². The first-order valence-electron chi connectivity index (χ1n) is 25.5. The maximum atomic E-state index is 3.55. The zero-order valence-corrected chi connectivity index (χ0v) is 40.6. The number of hydrogen-bond acceptors (Lipinski definition) is 2. The molecule has 0 bridgehead atoms. The van der Waals surface area contributed by atoms with Crippen LogP contribution in [-0.2, 0) is 11.8 Å². The molecule has 0 aromatic heterocycles. The van der Waals surface area contributed by atoms with Crippen LogP contribution in [-0.4, -0.2) is 0 Å². The second-order valence-electron chi connectivity index (χ2n) is 19.2. The van der Waals surface area contributed by atoms with E-state index in [-0.39, 0.29) is 5.92 Å². The second kappa shape index (κ2) is 18.9. The number of nitrogens with zero attached hydrogens (tertiary/aromatic N) is 2. The summed E-state index contributed by atoms with van der Waals surface area (Å²) in [6, 6.07) is 67.4. The van der Waals surface area contributed by atoms with Gasteiger partial charge in [0.2, 0.25) is 0 Å². The molecule has 0 saturated heterocycles. The van der Waals surface area contributed by atoms with E-state index < -0.39 is 5.41 Å². The van der Waals surface area contributed by atoms with Gasteiger partial charge >= 0.3 is 0 Å². The monoisotopic (exact) mass is 912 g/mol. The third-order valence-corrected chi connectivity index (χ3v) is 15.1. The Morgan fingerprint density at radius 3 is 2.03 bits per heavy atom. The van der Waals surface area contributed by atoms with Crippen molar-refractivity contribution >= 4 is 39.5 Å². The molecule has 7 aromatic rings. The minimum atomic E-state index is -0.599. The van der Waals surface area contributed by atoms with Crippen LogP contribution in [0.1, 0.15) is 101 Å². The van der Waals surface area contributed by atoms with Crippen LogP contribution in [0.2, 0.25) is 0 Å². The van der Waals surface area contributed by atoms with E-state index in [1.165, 1.54) is 83.8 Å². The third kappa shape index (κ3) is 7.64. The van der Waals surface area contributed by atoms with Gasteiger partial charge in [0, 0.05) is 53.3 Å². The number of allylic oxidation sites excluding steroid dienone is 10. The maximum absolute atomic E-state index is 3.55. The topological polar surface area (TPSA) is 6.48 Å². The quantitative estimate of drug-likeness (QED) is 0.126. The smallest absolute Gasteiger partial charge is 0.0726 e. The van der Waals surface area contributed by atoms with Crippen LogP contribution < -0.4 is 9.80 Å². The van der Waals surface area contributed by atoms with Gasteiger partial charge in [0.25, 0.3) is 0 Å². The molecule has 0 saturated carbocycles. The molecule has 0 N–H and O–H groups in total. The van der Waals surface area contributed by atoms with E-state index in [1.807, 2.05) is 0 Å². The van der Waals surface area contributed by atoms with E-state index in [1.54, 1.807) is 0 Å². The lowest BCUT2D eigenvalue weighted by atomic mass is 9.65. The summed E-state index contributed by atoms with van der Waals surface area (Å²) in [5.74, 6) is 14.0. The molecule has 7 aromatic carbocycles. The Morgan fingerprint density at radius 2 is 1.25 bits per heavy atom. The molecule has 5 aliphatic carbocycles. The first-order valence-corrected chi connectivity index (χ1v) is 25.5. The number of fused-ring (bicyclic) bond motifs is 7. The summed E-state index contributed by atoms with van der Waals surface area (Å²) in [5, 5.41) is 0. The molecule has 0 fully saturated rings. The molecule has 0 aliphatic heterocycles. The molecule has 2 atom stereocenters. The summed E-state index contributed by atoms with van der Waals surface area (Å²) in [7, 11) is 0. The SMILES string of the molecule is CCCC1=C(c2ccccc2C)C2(C3=C(CCC(N(C4=CCC#CC(c5ccccc5)C=C4)c4ccccc4)=C3)c3ccccc32)c2cc(N(/C3=C/CC#CCc4ccccc43)c3ccccc3)ccc21. The van der Waals surface area contributed by atoms with Crippen LogP contribution in [0.4, 0.5) is 17.1 Å². The highest BCUT2D eigenvalue weighted by Crippen LogP contribution is 2.67. The standard InChI is InChI=1S/C69H56N2/c1-3-24-63-62-46-44-57(71(54-33-13-7-14-34-54)67-40-15-5-10-29-52-30-18-21-37-59(52)67)48-66(62)69(68(63)58-36-20-16-25-49(58)2)64-39-23-22-38-60(64)61-45-43-56(47-65(61)69)70(53-31-11-6-12-32-53)55-35-19-17-28-51(41-42-55)50-26-8-4-9-27-50/h4,6-9,11-14,16,18,20-23,25-27,30-42,44,46-48,51H,3,15,19,24,29,43,45H2,1-2H3/b42-41?,55-35?,67-40+.